The van der Waals surface area contributed by atoms with Gasteiger partial charge in [0.05, 0.1) is 12.4 Å². The highest BCUT2D eigenvalue weighted by Crippen LogP contribution is 2.13. The smallest absolute Gasteiger partial charge is 0.245 e. The molecule has 0 aliphatic rings. The largest absolute Gasteiger partial charge is 0.309 e. The van der Waals surface area contributed by atoms with Crippen LogP contribution in [-0.2, 0) is 10.0 Å². The van der Waals surface area contributed by atoms with Crippen molar-refractivity contribution in [1.29, 1.82) is 0 Å². The lowest BCUT2D eigenvalue weighted by molar-refractivity contribution is 0.370. The molecule has 8 heteroatoms. The molecule has 0 spiro atoms. The molecule has 1 rings (SSSR count). The maximum Gasteiger partial charge on any atom is 0.245 e. The van der Waals surface area contributed by atoms with Crippen LogP contribution in [0.3, 0.4) is 0 Å². The zero-order valence-electron chi connectivity index (χ0n) is 10.7. The van der Waals surface area contributed by atoms with Gasteiger partial charge < -0.3 is 4.90 Å². The van der Waals surface area contributed by atoms with E-state index in [4.69, 9.17) is 11.6 Å². The fourth-order valence-corrected chi connectivity index (χ4v) is 2.54. The van der Waals surface area contributed by atoms with Gasteiger partial charge in [-0.2, -0.15) is 0 Å². The molecule has 0 N–H and O–H groups in total. The Morgan fingerprint density at radius 2 is 1.72 bits per heavy atom. The lowest BCUT2D eigenvalue weighted by Gasteiger charge is -2.18. The van der Waals surface area contributed by atoms with E-state index in [2.05, 4.69) is 9.97 Å². The molecule has 1 aromatic rings. The molecule has 0 aliphatic carbocycles. The normalized spacial score (nSPS) is 12.3. The van der Waals surface area contributed by atoms with E-state index >= 15 is 0 Å². The van der Waals surface area contributed by atoms with Crippen LogP contribution in [0.5, 0.6) is 0 Å². The summed E-state index contributed by atoms with van der Waals surface area (Å²) in [7, 11) is 1.91. The number of nitrogens with zero attached hydrogens (tertiary/aromatic N) is 4. The SMILES string of the molecule is CN(C)CCCN(C)S(=O)(=O)c1cnc(Cl)nc1. The van der Waals surface area contributed by atoms with Crippen molar-refractivity contribution in [3.63, 3.8) is 0 Å². The standard InChI is InChI=1S/C10H17ClN4O2S/c1-14(2)5-4-6-15(3)18(16,17)9-7-12-10(11)13-8-9/h7-8H,4-6H2,1-3H3. The Labute approximate surface area is 113 Å². The van der Waals surface area contributed by atoms with Crippen molar-refractivity contribution in [2.75, 3.05) is 34.2 Å². The summed E-state index contributed by atoms with van der Waals surface area (Å²) in [6, 6.07) is 0. The van der Waals surface area contributed by atoms with E-state index in [1.54, 1.807) is 7.05 Å². The van der Waals surface area contributed by atoms with Crippen LogP contribution in [0.1, 0.15) is 6.42 Å². The number of hydrogen-bond donors (Lipinski definition) is 0. The predicted molar refractivity (Wildman–Crippen MR) is 70.0 cm³/mol. The van der Waals surface area contributed by atoms with Crippen LogP contribution < -0.4 is 0 Å². The maximum atomic E-state index is 12.1. The van der Waals surface area contributed by atoms with Crippen LogP contribution in [0, 0.1) is 0 Å². The van der Waals surface area contributed by atoms with Gasteiger partial charge in [-0.25, -0.2) is 22.7 Å². The highest BCUT2D eigenvalue weighted by molar-refractivity contribution is 7.89. The summed E-state index contributed by atoms with van der Waals surface area (Å²) in [5.41, 5.74) is 0. The monoisotopic (exact) mass is 292 g/mol. The summed E-state index contributed by atoms with van der Waals surface area (Å²) in [6.07, 6.45) is 3.19. The van der Waals surface area contributed by atoms with E-state index in [9.17, 15) is 8.42 Å². The average molecular weight is 293 g/mol. The summed E-state index contributed by atoms with van der Waals surface area (Å²) < 4.78 is 25.5. The molecule has 0 radical (unpaired) electrons. The van der Waals surface area contributed by atoms with Crippen molar-refractivity contribution < 1.29 is 8.42 Å². The van der Waals surface area contributed by atoms with Gasteiger partial charge in [-0.3, -0.25) is 0 Å². The van der Waals surface area contributed by atoms with Crippen LogP contribution in [0.2, 0.25) is 5.28 Å². The Morgan fingerprint density at radius 1 is 1.17 bits per heavy atom. The van der Waals surface area contributed by atoms with E-state index < -0.39 is 10.0 Å². The highest BCUT2D eigenvalue weighted by Gasteiger charge is 2.21. The van der Waals surface area contributed by atoms with Crippen LogP contribution in [0.4, 0.5) is 0 Å². The zero-order valence-corrected chi connectivity index (χ0v) is 12.2. The second kappa shape index (κ2) is 6.42. The zero-order chi connectivity index (χ0) is 13.8. The van der Waals surface area contributed by atoms with Gasteiger partial charge in [0.15, 0.2) is 0 Å². The first kappa shape index (κ1) is 15.3. The Balaban J connectivity index is 2.71. The van der Waals surface area contributed by atoms with Crippen molar-refractivity contribution in [1.82, 2.24) is 19.2 Å². The summed E-state index contributed by atoms with van der Waals surface area (Å²) in [4.78, 5) is 9.41. The fraction of sp³-hybridized carbons (Fsp3) is 0.600. The number of sulfonamides is 1. The first-order valence-corrected chi connectivity index (χ1v) is 7.24. The van der Waals surface area contributed by atoms with E-state index in [0.29, 0.717) is 6.54 Å². The van der Waals surface area contributed by atoms with Gasteiger partial charge in [0, 0.05) is 13.6 Å². The molecule has 0 unspecified atom stereocenters. The third-order valence-electron chi connectivity index (χ3n) is 2.38. The molecule has 0 amide bonds. The number of rotatable bonds is 6. The second-order valence-corrected chi connectivity index (χ2v) is 6.55. The minimum absolute atomic E-state index is 0.0317. The van der Waals surface area contributed by atoms with Gasteiger partial charge >= 0.3 is 0 Å². The first-order chi connectivity index (χ1) is 8.34. The molecule has 0 saturated carbocycles. The van der Waals surface area contributed by atoms with Crippen molar-refractivity contribution in [3.8, 4) is 0 Å². The third kappa shape index (κ3) is 4.16. The summed E-state index contributed by atoms with van der Waals surface area (Å²) in [5, 5.41) is 0.0317. The second-order valence-electron chi connectivity index (χ2n) is 4.17. The van der Waals surface area contributed by atoms with Gasteiger partial charge in [0.25, 0.3) is 0 Å². The van der Waals surface area contributed by atoms with Crippen molar-refractivity contribution in [3.05, 3.63) is 17.7 Å². The molecule has 102 valence electrons. The predicted octanol–water partition coefficient (Wildman–Crippen LogP) is 0.702. The molecular weight excluding hydrogens is 276 g/mol. The minimum Gasteiger partial charge on any atom is -0.309 e. The van der Waals surface area contributed by atoms with E-state index in [1.165, 1.54) is 16.7 Å². The summed E-state index contributed by atoms with van der Waals surface area (Å²) in [6.45, 7) is 1.28. The van der Waals surface area contributed by atoms with E-state index in [1.807, 2.05) is 19.0 Å². The fourth-order valence-electron chi connectivity index (χ4n) is 1.34. The van der Waals surface area contributed by atoms with Crippen LogP contribution in [0.15, 0.2) is 17.3 Å². The average Bonchev–Trinajstić information content (AvgIpc) is 2.28. The molecule has 6 nitrogen and oxygen atoms in total. The van der Waals surface area contributed by atoms with Crippen LogP contribution >= 0.6 is 11.6 Å². The third-order valence-corrected chi connectivity index (χ3v) is 4.39. The van der Waals surface area contributed by atoms with Crippen LogP contribution in [-0.4, -0.2) is 61.8 Å². The molecule has 18 heavy (non-hydrogen) atoms. The Bertz CT molecular complexity index is 475. The molecule has 0 aromatic carbocycles. The lowest BCUT2D eigenvalue weighted by atomic mass is 10.4. The Morgan fingerprint density at radius 3 is 2.22 bits per heavy atom. The van der Waals surface area contributed by atoms with Crippen molar-refractivity contribution in [2.45, 2.75) is 11.3 Å². The van der Waals surface area contributed by atoms with Crippen molar-refractivity contribution in [2.24, 2.45) is 0 Å². The molecule has 0 fully saturated rings. The first-order valence-electron chi connectivity index (χ1n) is 5.42. The molecule has 0 aliphatic heterocycles. The number of halogens is 1. The van der Waals surface area contributed by atoms with Gasteiger partial charge in [0.1, 0.15) is 4.90 Å². The van der Waals surface area contributed by atoms with Gasteiger partial charge in [0.2, 0.25) is 15.3 Å². The number of aromatic nitrogens is 2. The summed E-state index contributed by atoms with van der Waals surface area (Å²) >= 11 is 5.52. The summed E-state index contributed by atoms with van der Waals surface area (Å²) in [5.74, 6) is 0. The molecule has 1 heterocycles. The number of hydrogen-bond acceptors (Lipinski definition) is 5. The quantitative estimate of drug-likeness (QED) is 0.722. The van der Waals surface area contributed by atoms with E-state index in [0.717, 1.165) is 13.0 Å². The maximum absolute atomic E-state index is 12.1. The molecular formula is C10H17ClN4O2S. The Kier molecular flexibility index (Phi) is 5.46. The molecule has 1 aromatic heterocycles. The van der Waals surface area contributed by atoms with Gasteiger partial charge in [-0.1, -0.05) is 0 Å². The van der Waals surface area contributed by atoms with Crippen molar-refractivity contribution >= 4 is 21.6 Å². The van der Waals surface area contributed by atoms with Gasteiger partial charge in [-0.15, -0.1) is 0 Å². The van der Waals surface area contributed by atoms with Crippen LogP contribution in [0.25, 0.3) is 0 Å². The minimum atomic E-state index is -3.52. The molecule has 0 bridgehead atoms. The molecule has 0 atom stereocenters. The topological polar surface area (TPSA) is 66.4 Å². The Hall–Kier alpha value is -0.760. The molecule has 0 saturated heterocycles. The highest BCUT2D eigenvalue weighted by atomic mass is 35.5. The van der Waals surface area contributed by atoms with E-state index in [-0.39, 0.29) is 10.2 Å². The lowest BCUT2D eigenvalue weighted by Crippen LogP contribution is -2.30. The van der Waals surface area contributed by atoms with Gasteiger partial charge in [-0.05, 0) is 38.7 Å².